The van der Waals surface area contributed by atoms with Gasteiger partial charge in [0.1, 0.15) is 0 Å². The number of benzene rings is 1. The molecule has 1 heterocycles. The van der Waals surface area contributed by atoms with Crippen LogP contribution in [0.4, 0.5) is 0 Å². The van der Waals surface area contributed by atoms with Crippen molar-refractivity contribution in [1.29, 1.82) is 0 Å². The molecule has 1 aromatic heterocycles. The zero-order valence-electron chi connectivity index (χ0n) is 9.15. The summed E-state index contributed by atoms with van der Waals surface area (Å²) in [5.41, 5.74) is 9.12. The van der Waals surface area contributed by atoms with Crippen molar-refractivity contribution in [2.75, 3.05) is 0 Å². The standard InChI is InChI=1S/C14H15NS/c15-14(12-4-2-1-3-5-12)8-6-13-11(10-14)7-9-16-13/h1-5,7,9H,6,8,10,15H2. The highest BCUT2D eigenvalue weighted by Crippen LogP contribution is 2.36. The van der Waals surface area contributed by atoms with Crippen molar-refractivity contribution in [3.05, 3.63) is 57.8 Å². The molecule has 0 aliphatic heterocycles. The van der Waals surface area contributed by atoms with Crippen molar-refractivity contribution in [3.63, 3.8) is 0 Å². The summed E-state index contributed by atoms with van der Waals surface area (Å²) in [4.78, 5) is 1.53. The third kappa shape index (κ3) is 1.58. The van der Waals surface area contributed by atoms with E-state index in [1.54, 1.807) is 0 Å². The van der Waals surface area contributed by atoms with Crippen molar-refractivity contribution >= 4 is 11.3 Å². The van der Waals surface area contributed by atoms with E-state index in [1.807, 2.05) is 17.4 Å². The van der Waals surface area contributed by atoms with Crippen LogP contribution >= 0.6 is 11.3 Å². The molecule has 0 saturated heterocycles. The molecule has 82 valence electrons. The first-order valence-electron chi connectivity index (χ1n) is 5.68. The van der Waals surface area contributed by atoms with Crippen LogP contribution in [0.2, 0.25) is 0 Å². The van der Waals surface area contributed by atoms with Crippen molar-refractivity contribution in [2.24, 2.45) is 5.73 Å². The van der Waals surface area contributed by atoms with Crippen LogP contribution in [0, 0.1) is 0 Å². The molecule has 0 fully saturated rings. The fourth-order valence-electron chi connectivity index (χ4n) is 2.53. The molecule has 1 unspecified atom stereocenters. The lowest BCUT2D eigenvalue weighted by molar-refractivity contribution is 0.388. The van der Waals surface area contributed by atoms with Crippen LogP contribution < -0.4 is 5.73 Å². The Morgan fingerprint density at radius 1 is 1.12 bits per heavy atom. The van der Waals surface area contributed by atoms with Crippen LogP contribution in [0.25, 0.3) is 0 Å². The van der Waals surface area contributed by atoms with Gasteiger partial charge in [-0.2, -0.15) is 0 Å². The second kappa shape index (κ2) is 3.72. The molecule has 1 aromatic carbocycles. The third-order valence-corrected chi connectivity index (χ3v) is 4.51. The molecule has 2 heteroatoms. The highest BCUT2D eigenvalue weighted by Gasteiger charge is 2.32. The minimum atomic E-state index is -0.157. The first kappa shape index (κ1) is 10.1. The quantitative estimate of drug-likeness (QED) is 0.799. The van der Waals surface area contributed by atoms with Crippen LogP contribution in [0.15, 0.2) is 41.8 Å². The van der Waals surface area contributed by atoms with Gasteiger partial charge in [-0.25, -0.2) is 0 Å². The molecule has 0 spiro atoms. The average molecular weight is 229 g/mol. The maximum absolute atomic E-state index is 6.56. The molecule has 1 aliphatic carbocycles. The van der Waals surface area contributed by atoms with Gasteiger partial charge in [0.25, 0.3) is 0 Å². The number of fused-ring (bicyclic) bond motifs is 1. The van der Waals surface area contributed by atoms with E-state index < -0.39 is 0 Å². The molecule has 1 nitrogen and oxygen atoms in total. The Morgan fingerprint density at radius 3 is 2.75 bits per heavy atom. The predicted molar refractivity (Wildman–Crippen MR) is 68.7 cm³/mol. The summed E-state index contributed by atoms with van der Waals surface area (Å²) < 4.78 is 0. The molecule has 16 heavy (non-hydrogen) atoms. The summed E-state index contributed by atoms with van der Waals surface area (Å²) in [6.07, 6.45) is 3.17. The minimum absolute atomic E-state index is 0.157. The van der Waals surface area contributed by atoms with Gasteiger partial charge in [-0.1, -0.05) is 30.3 Å². The average Bonchev–Trinajstić information content (AvgIpc) is 2.77. The topological polar surface area (TPSA) is 26.0 Å². The number of nitrogens with two attached hydrogens (primary N) is 1. The van der Waals surface area contributed by atoms with Crippen LogP contribution in [0.5, 0.6) is 0 Å². The first-order chi connectivity index (χ1) is 7.78. The van der Waals surface area contributed by atoms with E-state index in [0.717, 1.165) is 19.3 Å². The van der Waals surface area contributed by atoms with Gasteiger partial charge in [0.15, 0.2) is 0 Å². The first-order valence-corrected chi connectivity index (χ1v) is 6.56. The normalized spacial score (nSPS) is 24.1. The lowest BCUT2D eigenvalue weighted by Crippen LogP contribution is -2.41. The lowest BCUT2D eigenvalue weighted by atomic mass is 9.77. The SMILES string of the molecule is NC1(c2ccccc2)CCc2sccc2C1. The van der Waals surface area contributed by atoms with Gasteiger partial charge in [0.05, 0.1) is 0 Å². The Morgan fingerprint density at radius 2 is 1.94 bits per heavy atom. The molecule has 0 saturated carbocycles. The van der Waals surface area contributed by atoms with Crippen molar-refractivity contribution in [3.8, 4) is 0 Å². The molecule has 1 atom stereocenters. The van der Waals surface area contributed by atoms with Gasteiger partial charge < -0.3 is 5.73 Å². The fraction of sp³-hybridized carbons (Fsp3) is 0.286. The molecule has 0 radical (unpaired) electrons. The maximum Gasteiger partial charge on any atom is 0.0454 e. The van der Waals surface area contributed by atoms with Gasteiger partial charge >= 0.3 is 0 Å². The van der Waals surface area contributed by atoms with Crippen molar-refractivity contribution in [2.45, 2.75) is 24.8 Å². The summed E-state index contributed by atoms with van der Waals surface area (Å²) in [6.45, 7) is 0. The van der Waals surface area contributed by atoms with E-state index in [0.29, 0.717) is 0 Å². The Kier molecular flexibility index (Phi) is 2.34. The summed E-state index contributed by atoms with van der Waals surface area (Å²) in [5, 5.41) is 2.18. The summed E-state index contributed by atoms with van der Waals surface area (Å²) >= 11 is 1.87. The smallest absolute Gasteiger partial charge is 0.0454 e. The van der Waals surface area contributed by atoms with Crippen molar-refractivity contribution < 1.29 is 0 Å². The Bertz CT molecular complexity index is 488. The summed E-state index contributed by atoms with van der Waals surface area (Å²) in [5.74, 6) is 0. The highest BCUT2D eigenvalue weighted by atomic mass is 32.1. The number of hydrogen-bond donors (Lipinski definition) is 1. The second-order valence-electron chi connectivity index (χ2n) is 4.57. The predicted octanol–water partition coefficient (Wildman–Crippen LogP) is 3.09. The van der Waals surface area contributed by atoms with Gasteiger partial charge in [-0.05, 0) is 41.8 Å². The second-order valence-corrected chi connectivity index (χ2v) is 5.57. The molecule has 0 amide bonds. The number of aryl methyl sites for hydroxylation is 1. The summed E-state index contributed by atoms with van der Waals surface area (Å²) in [7, 11) is 0. The van der Waals surface area contributed by atoms with Crippen LogP contribution in [0.1, 0.15) is 22.4 Å². The number of thiophene rings is 1. The van der Waals surface area contributed by atoms with E-state index in [4.69, 9.17) is 5.73 Å². The van der Waals surface area contributed by atoms with Crippen LogP contribution in [-0.4, -0.2) is 0 Å². The van der Waals surface area contributed by atoms with Gasteiger partial charge in [0.2, 0.25) is 0 Å². The highest BCUT2D eigenvalue weighted by molar-refractivity contribution is 7.10. The Labute approximate surface area is 99.9 Å². The van der Waals surface area contributed by atoms with E-state index in [9.17, 15) is 0 Å². The zero-order valence-corrected chi connectivity index (χ0v) is 9.96. The molecular formula is C14H15NS. The van der Waals surface area contributed by atoms with Crippen molar-refractivity contribution in [1.82, 2.24) is 0 Å². The molecule has 2 aromatic rings. The van der Waals surface area contributed by atoms with Gasteiger partial charge in [-0.3, -0.25) is 0 Å². The Hall–Kier alpha value is -1.12. The monoisotopic (exact) mass is 229 g/mol. The molecule has 2 N–H and O–H groups in total. The van der Waals surface area contributed by atoms with Gasteiger partial charge in [0, 0.05) is 10.4 Å². The maximum atomic E-state index is 6.56. The molecular weight excluding hydrogens is 214 g/mol. The van der Waals surface area contributed by atoms with Gasteiger partial charge in [-0.15, -0.1) is 11.3 Å². The minimum Gasteiger partial charge on any atom is -0.321 e. The molecule has 3 rings (SSSR count). The number of rotatable bonds is 1. The third-order valence-electron chi connectivity index (χ3n) is 3.49. The molecule has 0 bridgehead atoms. The Balaban J connectivity index is 1.98. The molecule has 1 aliphatic rings. The number of hydrogen-bond acceptors (Lipinski definition) is 2. The fourth-order valence-corrected chi connectivity index (χ4v) is 3.43. The van der Waals surface area contributed by atoms with E-state index in [-0.39, 0.29) is 5.54 Å². The van der Waals surface area contributed by atoms with E-state index in [1.165, 1.54) is 16.0 Å². The van der Waals surface area contributed by atoms with Crippen LogP contribution in [0.3, 0.4) is 0 Å². The largest absolute Gasteiger partial charge is 0.321 e. The van der Waals surface area contributed by atoms with Crippen LogP contribution in [-0.2, 0) is 18.4 Å². The van der Waals surface area contributed by atoms with E-state index >= 15 is 0 Å². The summed E-state index contributed by atoms with van der Waals surface area (Å²) in [6, 6.07) is 12.7. The lowest BCUT2D eigenvalue weighted by Gasteiger charge is -2.34. The zero-order chi connectivity index (χ0) is 11.0. The van der Waals surface area contributed by atoms with E-state index in [2.05, 4.69) is 35.7 Å².